The fourth-order valence-electron chi connectivity index (χ4n) is 1.32. The van der Waals surface area contributed by atoms with Crippen molar-refractivity contribution in [2.24, 2.45) is 0 Å². The van der Waals surface area contributed by atoms with Crippen LogP contribution in [0.25, 0.3) is 0 Å². The number of nitrogens with zero attached hydrogens (tertiary/aromatic N) is 2. The third-order valence-electron chi connectivity index (χ3n) is 2.01. The van der Waals surface area contributed by atoms with E-state index in [1.165, 1.54) is 4.90 Å². The van der Waals surface area contributed by atoms with Gasteiger partial charge in [0.1, 0.15) is 0 Å². The monoisotopic (exact) mass is 253 g/mol. The van der Waals surface area contributed by atoms with Crippen LogP contribution in [-0.2, 0) is 4.79 Å². The Bertz CT molecular complexity index is 371. The number of imide groups is 1. The molecule has 0 aromatic carbocycles. The first-order valence-electron chi connectivity index (χ1n) is 6.29. The molecule has 1 aliphatic heterocycles. The van der Waals surface area contributed by atoms with Gasteiger partial charge in [-0.15, -0.1) is 0 Å². The first-order valence-corrected chi connectivity index (χ1v) is 6.29. The van der Waals surface area contributed by atoms with E-state index >= 15 is 0 Å². The predicted molar refractivity (Wildman–Crippen MR) is 74.5 cm³/mol. The molecule has 1 aromatic rings. The fourth-order valence-corrected chi connectivity index (χ4v) is 1.32. The maximum Gasteiger partial charge on any atom is 0.328 e. The van der Waals surface area contributed by atoms with E-state index in [1.807, 2.05) is 27.7 Å². The van der Waals surface area contributed by atoms with Crippen LogP contribution in [0, 0.1) is 0 Å². The van der Waals surface area contributed by atoms with Crippen molar-refractivity contribution < 1.29 is 11.0 Å². The molecule has 0 spiro atoms. The minimum absolute atomic E-state index is 0. The molecule has 1 saturated heterocycles. The first-order chi connectivity index (χ1) is 8.77. The van der Waals surface area contributed by atoms with Crippen molar-refractivity contribution in [1.82, 2.24) is 10.3 Å². The summed E-state index contributed by atoms with van der Waals surface area (Å²) in [6.07, 6.45) is 3.56. The molecule has 1 N–H and O–H groups in total. The van der Waals surface area contributed by atoms with Gasteiger partial charge < -0.3 is 0 Å². The number of hydrogen-bond acceptors (Lipinski definition) is 3. The Labute approximate surface area is 110 Å². The molecule has 3 amide bonds. The maximum absolute atomic E-state index is 11.4. The van der Waals surface area contributed by atoms with Crippen LogP contribution in [0.5, 0.6) is 0 Å². The number of rotatable bonds is 1. The van der Waals surface area contributed by atoms with Crippen LogP contribution in [0.4, 0.5) is 10.5 Å². The average Bonchev–Trinajstić information content (AvgIpc) is 2.44. The highest BCUT2D eigenvalue weighted by atomic mass is 16.2. The van der Waals surface area contributed by atoms with Gasteiger partial charge in [0.15, 0.2) is 0 Å². The second kappa shape index (κ2) is 9.15. The van der Waals surface area contributed by atoms with E-state index in [0.717, 1.165) is 0 Å². The first kappa shape index (κ1) is 16.1. The summed E-state index contributed by atoms with van der Waals surface area (Å²) < 4.78 is 0. The van der Waals surface area contributed by atoms with Gasteiger partial charge in [-0.3, -0.25) is 20.0 Å². The second-order valence-electron chi connectivity index (χ2n) is 2.97. The average molecular weight is 253 g/mol. The zero-order valence-corrected chi connectivity index (χ0v) is 11.4. The number of aromatic nitrogens is 1. The molecule has 5 heteroatoms. The Hall–Kier alpha value is -1.91. The van der Waals surface area contributed by atoms with Crippen molar-refractivity contribution in [2.45, 2.75) is 34.1 Å². The van der Waals surface area contributed by atoms with Gasteiger partial charge in [-0.25, -0.2) is 4.79 Å². The lowest BCUT2D eigenvalue weighted by atomic mass is 10.3. The quantitative estimate of drug-likeness (QED) is 0.837. The van der Waals surface area contributed by atoms with Gasteiger partial charge in [-0.2, -0.15) is 0 Å². The molecule has 1 aliphatic rings. The topological polar surface area (TPSA) is 62.3 Å². The summed E-state index contributed by atoms with van der Waals surface area (Å²) in [6.45, 7) is 8.41. The smallest absolute Gasteiger partial charge is 0.292 e. The Morgan fingerprint density at radius 1 is 1.28 bits per heavy atom. The Morgan fingerprint density at radius 3 is 2.44 bits per heavy atom. The molecule has 1 fully saturated rings. The Balaban J connectivity index is 0. The molecule has 0 aliphatic carbocycles. The molecule has 0 atom stereocenters. The molecule has 0 unspecified atom stereocenters. The van der Waals surface area contributed by atoms with Gasteiger partial charge in [0.25, 0.3) is 0 Å². The Morgan fingerprint density at radius 2 is 1.94 bits per heavy atom. The SMILES string of the molecule is CC.CC.O=C1CCN(c2cccnc2)C(=O)N1.[HH]. The molecule has 2 heterocycles. The molecular weight excluding hydrogens is 230 g/mol. The van der Waals surface area contributed by atoms with Gasteiger partial charge in [0.05, 0.1) is 11.9 Å². The third kappa shape index (κ3) is 4.53. The highest BCUT2D eigenvalue weighted by Gasteiger charge is 2.23. The molecule has 0 radical (unpaired) electrons. The van der Waals surface area contributed by atoms with E-state index in [9.17, 15) is 9.59 Å². The van der Waals surface area contributed by atoms with Crippen molar-refractivity contribution in [1.29, 1.82) is 0 Å². The Kier molecular flexibility index (Phi) is 8.18. The molecule has 5 nitrogen and oxygen atoms in total. The van der Waals surface area contributed by atoms with Crippen LogP contribution in [0.2, 0.25) is 0 Å². The summed E-state index contributed by atoms with van der Waals surface area (Å²) in [4.78, 5) is 27.6. The molecule has 18 heavy (non-hydrogen) atoms. The standard InChI is InChI=1S/C9H9N3O2.2C2H6.H2/c13-8-3-5-12(9(14)11-8)7-2-1-4-10-6-7;2*1-2;/h1-2,4,6H,3,5H2,(H,11,13,14);2*1-2H3;1H. The predicted octanol–water partition coefficient (Wildman–Crippen LogP) is 2.83. The largest absolute Gasteiger partial charge is 0.328 e. The maximum atomic E-state index is 11.4. The summed E-state index contributed by atoms with van der Waals surface area (Å²) in [5.74, 6) is -0.227. The van der Waals surface area contributed by atoms with E-state index in [-0.39, 0.29) is 13.4 Å². The number of hydrogen-bond donors (Lipinski definition) is 1. The second-order valence-corrected chi connectivity index (χ2v) is 2.97. The molecule has 1 aromatic heterocycles. The minimum atomic E-state index is -0.380. The van der Waals surface area contributed by atoms with Gasteiger partial charge >= 0.3 is 6.03 Å². The summed E-state index contributed by atoms with van der Waals surface area (Å²) in [6, 6.07) is 3.15. The van der Waals surface area contributed by atoms with E-state index in [1.54, 1.807) is 24.5 Å². The number of carbonyl (C=O) groups excluding carboxylic acids is 2. The molecular formula is C13H23N3O2. The molecule has 0 bridgehead atoms. The summed E-state index contributed by atoms with van der Waals surface area (Å²) in [5, 5.41) is 2.25. The van der Waals surface area contributed by atoms with Gasteiger partial charge in [0.2, 0.25) is 5.91 Å². The summed E-state index contributed by atoms with van der Waals surface area (Å²) >= 11 is 0. The van der Waals surface area contributed by atoms with E-state index in [0.29, 0.717) is 18.7 Å². The number of anilines is 1. The lowest BCUT2D eigenvalue weighted by Gasteiger charge is -2.25. The number of carbonyl (C=O) groups is 2. The van der Waals surface area contributed by atoms with Crippen molar-refractivity contribution in [3.8, 4) is 0 Å². The number of nitrogens with one attached hydrogen (secondary N) is 1. The van der Waals surface area contributed by atoms with Crippen LogP contribution in [0.1, 0.15) is 35.5 Å². The van der Waals surface area contributed by atoms with E-state index < -0.39 is 0 Å². The highest BCUT2D eigenvalue weighted by Crippen LogP contribution is 2.14. The van der Waals surface area contributed by atoms with Gasteiger partial charge in [-0.05, 0) is 12.1 Å². The van der Waals surface area contributed by atoms with Crippen LogP contribution in [0.15, 0.2) is 24.5 Å². The van der Waals surface area contributed by atoms with Crippen molar-refractivity contribution >= 4 is 17.6 Å². The van der Waals surface area contributed by atoms with Crippen LogP contribution in [0.3, 0.4) is 0 Å². The third-order valence-corrected chi connectivity index (χ3v) is 2.01. The van der Waals surface area contributed by atoms with Crippen LogP contribution >= 0.6 is 0 Å². The highest BCUT2D eigenvalue weighted by molar-refractivity contribution is 6.05. The van der Waals surface area contributed by atoms with Crippen molar-refractivity contribution in [3.05, 3.63) is 24.5 Å². The van der Waals surface area contributed by atoms with Crippen LogP contribution < -0.4 is 10.2 Å². The van der Waals surface area contributed by atoms with Crippen molar-refractivity contribution in [2.75, 3.05) is 11.4 Å². The van der Waals surface area contributed by atoms with E-state index in [2.05, 4.69) is 10.3 Å². The lowest BCUT2D eigenvalue weighted by Crippen LogP contribution is -2.49. The van der Waals surface area contributed by atoms with Gasteiger partial charge in [-0.1, -0.05) is 27.7 Å². The number of amides is 3. The van der Waals surface area contributed by atoms with Crippen molar-refractivity contribution in [3.63, 3.8) is 0 Å². The van der Waals surface area contributed by atoms with E-state index in [4.69, 9.17) is 0 Å². The van der Waals surface area contributed by atoms with Gasteiger partial charge in [0, 0.05) is 20.6 Å². The molecule has 102 valence electrons. The zero-order chi connectivity index (χ0) is 14.0. The number of urea groups is 1. The lowest BCUT2D eigenvalue weighted by molar-refractivity contribution is -0.120. The number of pyridine rings is 1. The summed E-state index contributed by atoms with van der Waals surface area (Å²) in [5.41, 5.74) is 0.706. The molecule has 0 saturated carbocycles. The normalized spacial score (nSPS) is 13.7. The molecule has 2 rings (SSSR count). The summed E-state index contributed by atoms with van der Waals surface area (Å²) in [7, 11) is 0. The minimum Gasteiger partial charge on any atom is -0.292 e. The van der Waals surface area contributed by atoms with Crippen LogP contribution in [-0.4, -0.2) is 23.5 Å². The fraction of sp³-hybridized carbons (Fsp3) is 0.462. The zero-order valence-electron chi connectivity index (χ0n) is 11.4.